The van der Waals surface area contributed by atoms with Crippen LogP contribution in [0.4, 0.5) is 5.69 Å². The van der Waals surface area contributed by atoms with E-state index in [1.54, 1.807) is 12.1 Å². The Morgan fingerprint density at radius 1 is 1.00 bits per heavy atom. The molecule has 8 nitrogen and oxygen atoms in total. The summed E-state index contributed by atoms with van der Waals surface area (Å²) in [6, 6.07) is 11.8. The van der Waals surface area contributed by atoms with E-state index in [0.717, 1.165) is 12.8 Å². The number of esters is 1. The lowest BCUT2D eigenvalue weighted by atomic mass is 10.1. The molecule has 0 saturated carbocycles. The number of nitrogens with zero attached hydrogens (tertiary/aromatic N) is 1. The quantitative estimate of drug-likeness (QED) is 0.534. The summed E-state index contributed by atoms with van der Waals surface area (Å²) in [6.45, 7) is 1.82. The van der Waals surface area contributed by atoms with Crippen molar-refractivity contribution in [3.8, 4) is 0 Å². The third kappa shape index (κ3) is 5.11. The van der Waals surface area contributed by atoms with Gasteiger partial charge in [0.05, 0.1) is 10.5 Å². The van der Waals surface area contributed by atoms with Crippen LogP contribution in [-0.4, -0.2) is 50.1 Å². The van der Waals surface area contributed by atoms with E-state index in [1.807, 2.05) is 0 Å². The number of amides is 1. The number of ether oxygens (including phenoxy) is 1. The van der Waals surface area contributed by atoms with E-state index in [1.165, 1.54) is 47.6 Å². The summed E-state index contributed by atoms with van der Waals surface area (Å²) in [5.41, 5.74) is 0.929. The van der Waals surface area contributed by atoms with E-state index < -0.39 is 28.4 Å². The molecule has 2 aromatic rings. The molecule has 2 aromatic carbocycles. The highest BCUT2D eigenvalue weighted by Gasteiger charge is 2.27. The van der Waals surface area contributed by atoms with Gasteiger partial charge < -0.3 is 10.1 Å². The number of anilines is 1. The van der Waals surface area contributed by atoms with Crippen LogP contribution in [0.25, 0.3) is 0 Å². The highest BCUT2D eigenvalue weighted by atomic mass is 32.2. The van der Waals surface area contributed by atoms with Crippen molar-refractivity contribution < 1.29 is 27.5 Å². The molecule has 1 N–H and O–H groups in total. The Morgan fingerprint density at radius 2 is 1.67 bits per heavy atom. The monoisotopic (exact) mass is 430 g/mol. The fourth-order valence-electron chi connectivity index (χ4n) is 3.10. The van der Waals surface area contributed by atoms with Gasteiger partial charge in [0.2, 0.25) is 15.9 Å². The van der Waals surface area contributed by atoms with E-state index in [2.05, 4.69) is 5.32 Å². The Kier molecular flexibility index (Phi) is 6.63. The molecule has 0 atom stereocenters. The molecule has 0 bridgehead atoms. The summed E-state index contributed by atoms with van der Waals surface area (Å²) in [5, 5.41) is 2.59. The average molecular weight is 430 g/mol. The van der Waals surface area contributed by atoms with Crippen molar-refractivity contribution in [3.63, 3.8) is 0 Å². The van der Waals surface area contributed by atoms with Crippen LogP contribution < -0.4 is 5.32 Å². The van der Waals surface area contributed by atoms with Gasteiger partial charge in [0.25, 0.3) is 0 Å². The van der Waals surface area contributed by atoms with Gasteiger partial charge in [-0.1, -0.05) is 6.07 Å². The minimum atomic E-state index is -3.65. The largest absolute Gasteiger partial charge is 0.454 e. The minimum absolute atomic E-state index is 0.0266. The summed E-state index contributed by atoms with van der Waals surface area (Å²) < 4.78 is 31.8. The SMILES string of the molecule is CC(=O)Nc1ccc(C(=O)COC(=O)c2cccc(S(=O)(=O)N3CCCC3)c2)cc1. The molecule has 3 rings (SSSR count). The third-order valence-corrected chi connectivity index (χ3v) is 6.53. The van der Waals surface area contributed by atoms with Gasteiger partial charge in [-0.25, -0.2) is 13.2 Å². The molecule has 1 heterocycles. The number of ketones is 1. The van der Waals surface area contributed by atoms with Crippen LogP contribution in [0.1, 0.15) is 40.5 Å². The molecule has 9 heteroatoms. The Hall–Kier alpha value is -3.04. The van der Waals surface area contributed by atoms with E-state index in [4.69, 9.17) is 4.74 Å². The van der Waals surface area contributed by atoms with Gasteiger partial charge in [-0.3, -0.25) is 9.59 Å². The molecule has 0 unspecified atom stereocenters. The van der Waals surface area contributed by atoms with Gasteiger partial charge in [0.1, 0.15) is 0 Å². The summed E-state index contributed by atoms with van der Waals surface area (Å²) >= 11 is 0. The van der Waals surface area contributed by atoms with Crippen molar-refractivity contribution >= 4 is 33.4 Å². The molecule has 1 saturated heterocycles. The first-order valence-corrected chi connectivity index (χ1v) is 10.9. The lowest BCUT2D eigenvalue weighted by molar-refractivity contribution is -0.114. The first-order chi connectivity index (χ1) is 14.3. The summed E-state index contributed by atoms with van der Waals surface area (Å²) in [7, 11) is -3.65. The maximum Gasteiger partial charge on any atom is 0.338 e. The van der Waals surface area contributed by atoms with Gasteiger partial charge in [0.15, 0.2) is 12.4 Å². The van der Waals surface area contributed by atoms with E-state index in [9.17, 15) is 22.8 Å². The van der Waals surface area contributed by atoms with Crippen LogP contribution in [0.5, 0.6) is 0 Å². The maximum absolute atomic E-state index is 12.6. The number of nitrogens with one attached hydrogen (secondary N) is 1. The van der Waals surface area contributed by atoms with Gasteiger partial charge >= 0.3 is 5.97 Å². The molecule has 0 spiro atoms. The van der Waals surface area contributed by atoms with Crippen LogP contribution in [0.3, 0.4) is 0 Å². The van der Waals surface area contributed by atoms with Crippen LogP contribution in [-0.2, 0) is 19.6 Å². The van der Waals surface area contributed by atoms with Crippen LogP contribution >= 0.6 is 0 Å². The summed E-state index contributed by atoms with van der Waals surface area (Å²) in [5.74, 6) is -1.42. The standard InChI is InChI=1S/C21H22N2O6S/c1-15(24)22-18-9-7-16(8-10-18)20(25)14-29-21(26)17-5-4-6-19(13-17)30(27,28)23-11-2-3-12-23/h4-10,13H,2-3,11-12,14H2,1H3,(H,22,24). The zero-order valence-corrected chi connectivity index (χ0v) is 17.3. The van der Waals surface area contributed by atoms with E-state index >= 15 is 0 Å². The normalized spacial score (nSPS) is 14.3. The Balaban J connectivity index is 1.63. The zero-order valence-electron chi connectivity index (χ0n) is 16.5. The second-order valence-electron chi connectivity index (χ2n) is 6.90. The lowest BCUT2D eigenvalue weighted by Gasteiger charge is -2.15. The topological polar surface area (TPSA) is 110 Å². The van der Waals surface area contributed by atoms with Gasteiger partial charge in [0, 0.05) is 31.3 Å². The molecule has 158 valence electrons. The van der Waals surface area contributed by atoms with E-state index in [0.29, 0.717) is 24.3 Å². The summed E-state index contributed by atoms with van der Waals surface area (Å²) in [4.78, 5) is 35.6. The first kappa shape index (κ1) is 21.7. The number of hydrogen-bond donors (Lipinski definition) is 1. The number of benzene rings is 2. The van der Waals surface area contributed by atoms with Crippen molar-refractivity contribution in [2.45, 2.75) is 24.7 Å². The smallest absolute Gasteiger partial charge is 0.338 e. The Morgan fingerprint density at radius 3 is 2.30 bits per heavy atom. The van der Waals surface area contributed by atoms with Crippen molar-refractivity contribution in [3.05, 3.63) is 59.7 Å². The number of carbonyl (C=O) groups excluding carboxylic acids is 3. The van der Waals surface area contributed by atoms with Crippen molar-refractivity contribution in [2.24, 2.45) is 0 Å². The Bertz CT molecular complexity index is 1060. The number of hydrogen-bond acceptors (Lipinski definition) is 6. The molecule has 1 fully saturated rings. The first-order valence-electron chi connectivity index (χ1n) is 9.45. The number of carbonyl (C=O) groups is 3. The van der Waals surface area contributed by atoms with Crippen molar-refractivity contribution in [2.75, 3.05) is 25.0 Å². The molecule has 0 aromatic heterocycles. The highest BCUT2D eigenvalue weighted by molar-refractivity contribution is 7.89. The average Bonchev–Trinajstić information content (AvgIpc) is 3.28. The van der Waals surface area contributed by atoms with Gasteiger partial charge in [-0.15, -0.1) is 0 Å². The third-order valence-electron chi connectivity index (χ3n) is 4.63. The summed E-state index contributed by atoms with van der Waals surface area (Å²) in [6.07, 6.45) is 1.63. The van der Waals surface area contributed by atoms with Crippen LogP contribution in [0.15, 0.2) is 53.4 Å². The predicted octanol–water partition coefficient (Wildman–Crippen LogP) is 2.47. The fourth-order valence-corrected chi connectivity index (χ4v) is 4.67. The molecular formula is C21H22N2O6S. The molecule has 1 amide bonds. The molecule has 30 heavy (non-hydrogen) atoms. The Labute approximate surface area is 174 Å². The molecular weight excluding hydrogens is 408 g/mol. The van der Waals surface area contributed by atoms with Crippen LogP contribution in [0, 0.1) is 0 Å². The van der Waals surface area contributed by atoms with E-state index in [-0.39, 0.29) is 16.4 Å². The molecule has 1 aliphatic heterocycles. The molecule has 0 radical (unpaired) electrons. The van der Waals surface area contributed by atoms with Crippen LogP contribution in [0.2, 0.25) is 0 Å². The number of Topliss-reactive ketones (excluding diaryl/α,β-unsaturated/α-hetero) is 1. The molecule has 1 aliphatic rings. The maximum atomic E-state index is 12.6. The van der Waals surface area contributed by atoms with Gasteiger partial charge in [-0.2, -0.15) is 4.31 Å². The van der Waals surface area contributed by atoms with Crippen molar-refractivity contribution in [1.82, 2.24) is 4.31 Å². The second kappa shape index (κ2) is 9.19. The predicted molar refractivity (Wildman–Crippen MR) is 110 cm³/mol. The fraction of sp³-hybridized carbons (Fsp3) is 0.286. The molecule has 0 aliphatic carbocycles. The minimum Gasteiger partial charge on any atom is -0.454 e. The van der Waals surface area contributed by atoms with Gasteiger partial charge in [-0.05, 0) is 55.3 Å². The second-order valence-corrected chi connectivity index (χ2v) is 8.83. The van der Waals surface area contributed by atoms with Crippen molar-refractivity contribution in [1.29, 1.82) is 0 Å². The highest BCUT2D eigenvalue weighted by Crippen LogP contribution is 2.22. The number of rotatable bonds is 7. The lowest BCUT2D eigenvalue weighted by Crippen LogP contribution is -2.28. The number of sulfonamides is 1. The zero-order chi connectivity index (χ0) is 21.7.